The van der Waals surface area contributed by atoms with Crippen LogP contribution < -0.4 is 10.6 Å². The van der Waals surface area contributed by atoms with Crippen LogP contribution in [0.4, 0.5) is 0 Å². The second-order valence-electron chi connectivity index (χ2n) is 3.29. The maximum atomic E-state index is 11.8. The van der Waals surface area contributed by atoms with Crippen molar-refractivity contribution in [3.05, 3.63) is 29.3 Å². The van der Waals surface area contributed by atoms with Crippen LogP contribution in [0.25, 0.3) is 0 Å². The fraction of sp³-hybridized carbons (Fsp3) is 0.333. The number of nitrogens with one attached hydrogen (secondary N) is 1. The van der Waals surface area contributed by atoms with Crippen LogP contribution in [0, 0.1) is 0 Å². The number of rotatable bonds is 5. The van der Waals surface area contributed by atoms with E-state index in [0.29, 0.717) is 0 Å². The molecule has 16 heavy (non-hydrogen) atoms. The topological polar surface area (TPSA) is 81.4 Å². The summed E-state index contributed by atoms with van der Waals surface area (Å²) in [6.45, 7) is 1.73. The Labute approximate surface area is 99.5 Å². The van der Waals surface area contributed by atoms with Crippen LogP contribution in [-0.4, -0.2) is 21.1 Å². The maximum Gasteiger partial charge on any atom is 0.242 e. The number of sulfonamides is 1. The van der Waals surface area contributed by atoms with Gasteiger partial charge in [-0.3, -0.25) is 0 Å². The molecule has 0 amide bonds. The first kappa shape index (κ1) is 13.4. The molecular weight excluding hydrogens is 252 g/mol. The Morgan fingerprint density at radius 3 is 2.69 bits per heavy atom. The number of benzene rings is 1. The zero-order valence-electron chi connectivity index (χ0n) is 8.68. The van der Waals surface area contributed by atoms with E-state index in [1.807, 2.05) is 0 Å². The molecule has 90 valence electrons. The van der Waals surface area contributed by atoms with Crippen molar-refractivity contribution in [3.8, 4) is 0 Å². The first-order chi connectivity index (χ1) is 7.47. The number of hydrogen-bond donors (Lipinski definition) is 2. The molecule has 1 aromatic carbocycles. The lowest BCUT2D eigenvalue weighted by atomic mass is 10.4. The minimum absolute atomic E-state index is 0.0422. The monoisotopic (exact) mass is 264 g/mol. The van der Waals surface area contributed by atoms with Crippen molar-refractivity contribution in [1.82, 2.24) is 4.72 Å². The van der Waals surface area contributed by atoms with Crippen LogP contribution in [0.1, 0.15) is 6.92 Å². The number of hydrogen-bond acceptors (Lipinski definition) is 4. The highest BCUT2D eigenvalue weighted by Gasteiger charge is 2.19. The molecule has 1 unspecified atom stereocenters. The van der Waals surface area contributed by atoms with Crippen molar-refractivity contribution in [2.75, 3.05) is 6.61 Å². The van der Waals surface area contributed by atoms with Crippen LogP contribution in [0.3, 0.4) is 0 Å². The summed E-state index contributed by atoms with van der Waals surface area (Å²) in [7, 11) is -3.63. The molecule has 1 atom stereocenters. The molecule has 0 fully saturated rings. The van der Waals surface area contributed by atoms with Gasteiger partial charge in [0.25, 0.3) is 0 Å². The molecule has 7 heteroatoms. The molecule has 0 saturated heterocycles. The third-order valence-electron chi connectivity index (χ3n) is 1.83. The van der Waals surface area contributed by atoms with Gasteiger partial charge in [0.2, 0.25) is 10.0 Å². The van der Waals surface area contributed by atoms with Gasteiger partial charge in [-0.05, 0) is 19.1 Å². The normalized spacial score (nSPS) is 13.7. The van der Waals surface area contributed by atoms with Gasteiger partial charge in [-0.25, -0.2) is 19.0 Å². The lowest BCUT2D eigenvalue weighted by Gasteiger charge is -2.13. The standard InChI is InChI=1S/C9H13ClN2O3S/c1-7(6-15-11)12-16(13,14)9-5-3-2-4-8(9)10/h2-5,7,12H,6,11H2,1H3. The predicted octanol–water partition coefficient (Wildman–Crippen LogP) is 0.897. The van der Waals surface area contributed by atoms with Gasteiger partial charge in [-0.15, -0.1) is 0 Å². The Morgan fingerprint density at radius 1 is 1.50 bits per heavy atom. The fourth-order valence-electron chi connectivity index (χ4n) is 1.17. The highest BCUT2D eigenvalue weighted by atomic mass is 35.5. The van der Waals surface area contributed by atoms with E-state index >= 15 is 0 Å². The van der Waals surface area contributed by atoms with Crippen LogP contribution >= 0.6 is 11.6 Å². The van der Waals surface area contributed by atoms with E-state index in [0.717, 1.165) is 0 Å². The lowest BCUT2D eigenvalue weighted by molar-refractivity contribution is 0.124. The van der Waals surface area contributed by atoms with Gasteiger partial charge < -0.3 is 4.84 Å². The summed E-state index contributed by atoms with van der Waals surface area (Å²) in [6, 6.07) is 5.78. The van der Waals surface area contributed by atoms with Gasteiger partial charge >= 0.3 is 0 Å². The first-order valence-corrected chi connectivity index (χ1v) is 6.42. The van der Waals surface area contributed by atoms with E-state index in [-0.39, 0.29) is 16.5 Å². The molecule has 1 aromatic rings. The van der Waals surface area contributed by atoms with E-state index in [1.54, 1.807) is 19.1 Å². The summed E-state index contributed by atoms with van der Waals surface area (Å²) in [6.07, 6.45) is 0. The summed E-state index contributed by atoms with van der Waals surface area (Å²) < 4.78 is 26.1. The number of nitrogens with two attached hydrogens (primary N) is 1. The van der Waals surface area contributed by atoms with E-state index in [9.17, 15) is 8.42 Å². The summed E-state index contributed by atoms with van der Waals surface area (Å²) in [5, 5.41) is 0.177. The average Bonchev–Trinajstić information content (AvgIpc) is 2.17. The maximum absolute atomic E-state index is 11.8. The molecule has 0 aliphatic rings. The Hall–Kier alpha value is -0.660. The van der Waals surface area contributed by atoms with Gasteiger partial charge in [0, 0.05) is 6.04 Å². The molecule has 0 aliphatic heterocycles. The largest absolute Gasteiger partial charge is 0.303 e. The Morgan fingerprint density at radius 2 is 2.12 bits per heavy atom. The molecule has 0 aliphatic carbocycles. The van der Waals surface area contributed by atoms with Crippen LogP contribution in [0.2, 0.25) is 5.02 Å². The second kappa shape index (κ2) is 5.60. The second-order valence-corrected chi connectivity index (χ2v) is 5.38. The molecule has 0 saturated carbocycles. The van der Waals surface area contributed by atoms with Crippen LogP contribution in [0.5, 0.6) is 0 Å². The van der Waals surface area contributed by atoms with Gasteiger partial charge in [0.15, 0.2) is 0 Å². The van der Waals surface area contributed by atoms with Crippen LogP contribution in [-0.2, 0) is 14.9 Å². The Bertz CT molecular complexity index is 450. The Kier molecular flexibility index (Phi) is 4.69. The Balaban J connectivity index is 2.91. The third kappa shape index (κ3) is 3.43. The molecule has 0 aromatic heterocycles. The molecule has 0 heterocycles. The van der Waals surface area contributed by atoms with Gasteiger partial charge in [-0.1, -0.05) is 23.7 Å². The summed E-state index contributed by atoms with van der Waals surface area (Å²) >= 11 is 5.79. The highest BCUT2D eigenvalue weighted by molar-refractivity contribution is 7.89. The van der Waals surface area contributed by atoms with Crippen molar-refractivity contribution in [2.24, 2.45) is 5.90 Å². The van der Waals surface area contributed by atoms with Crippen molar-refractivity contribution >= 4 is 21.6 Å². The molecule has 5 nitrogen and oxygen atoms in total. The highest BCUT2D eigenvalue weighted by Crippen LogP contribution is 2.20. The predicted molar refractivity (Wildman–Crippen MR) is 61.4 cm³/mol. The first-order valence-electron chi connectivity index (χ1n) is 4.56. The van der Waals surface area contributed by atoms with Crippen molar-refractivity contribution in [3.63, 3.8) is 0 Å². The minimum atomic E-state index is -3.63. The zero-order chi connectivity index (χ0) is 12.2. The van der Waals surface area contributed by atoms with Gasteiger partial charge in [0.1, 0.15) is 4.90 Å². The fourth-order valence-corrected chi connectivity index (χ4v) is 2.92. The van der Waals surface area contributed by atoms with Crippen molar-refractivity contribution < 1.29 is 13.3 Å². The van der Waals surface area contributed by atoms with Crippen molar-refractivity contribution in [2.45, 2.75) is 17.9 Å². The molecule has 0 bridgehead atoms. The van der Waals surface area contributed by atoms with Crippen LogP contribution in [0.15, 0.2) is 29.2 Å². The SMILES string of the molecule is CC(CON)NS(=O)(=O)c1ccccc1Cl. The molecular formula is C9H13ClN2O3S. The molecule has 0 spiro atoms. The quantitative estimate of drug-likeness (QED) is 0.774. The van der Waals surface area contributed by atoms with E-state index in [1.165, 1.54) is 12.1 Å². The summed E-state index contributed by atoms with van der Waals surface area (Å²) in [5.41, 5.74) is 0. The number of halogens is 1. The summed E-state index contributed by atoms with van der Waals surface area (Å²) in [5.74, 6) is 4.86. The third-order valence-corrected chi connectivity index (χ3v) is 3.92. The van der Waals surface area contributed by atoms with Gasteiger partial charge in [-0.2, -0.15) is 0 Å². The smallest absolute Gasteiger partial charge is 0.242 e. The van der Waals surface area contributed by atoms with E-state index < -0.39 is 16.1 Å². The van der Waals surface area contributed by atoms with Crippen molar-refractivity contribution in [1.29, 1.82) is 0 Å². The van der Waals surface area contributed by atoms with E-state index in [2.05, 4.69) is 9.56 Å². The summed E-state index contributed by atoms with van der Waals surface area (Å²) in [4.78, 5) is 4.40. The lowest BCUT2D eigenvalue weighted by Crippen LogP contribution is -2.36. The molecule has 3 N–H and O–H groups in total. The average molecular weight is 265 g/mol. The minimum Gasteiger partial charge on any atom is -0.303 e. The zero-order valence-corrected chi connectivity index (χ0v) is 10.3. The van der Waals surface area contributed by atoms with E-state index in [4.69, 9.17) is 17.5 Å². The molecule has 0 radical (unpaired) electrons. The van der Waals surface area contributed by atoms with Gasteiger partial charge in [0.05, 0.1) is 11.6 Å². The molecule has 1 rings (SSSR count).